The second-order valence-electron chi connectivity index (χ2n) is 6.42. The number of thioether (sulfide) groups is 1. The number of carbonyl (C=O) groups excluding carboxylic acids is 1. The molecule has 1 aliphatic heterocycles. The van der Waals surface area contributed by atoms with Crippen molar-refractivity contribution < 1.29 is 4.79 Å². The number of amides is 1. The number of H-pyrrole nitrogens is 1. The van der Waals surface area contributed by atoms with E-state index in [1.165, 1.54) is 17.3 Å². The number of aromatic nitrogens is 3. The van der Waals surface area contributed by atoms with Crippen molar-refractivity contribution in [2.45, 2.75) is 37.8 Å². The maximum atomic E-state index is 12.4. The minimum atomic E-state index is 0.244. The number of carbonyl (C=O) groups is 1. The Balaban J connectivity index is 1.47. The predicted molar refractivity (Wildman–Crippen MR) is 96.0 cm³/mol. The van der Waals surface area contributed by atoms with E-state index in [2.05, 4.69) is 52.4 Å². The van der Waals surface area contributed by atoms with Crippen molar-refractivity contribution in [1.82, 2.24) is 20.1 Å². The van der Waals surface area contributed by atoms with Crippen LogP contribution in [-0.2, 0) is 4.79 Å². The number of hydrogen-bond donors (Lipinski definition) is 1. The van der Waals surface area contributed by atoms with Crippen LogP contribution in [0.5, 0.6) is 0 Å². The summed E-state index contributed by atoms with van der Waals surface area (Å²) < 4.78 is 0. The van der Waals surface area contributed by atoms with Gasteiger partial charge in [0.05, 0.1) is 0 Å². The Hall–Kier alpha value is -1.82. The fourth-order valence-corrected chi connectivity index (χ4v) is 4.11. The van der Waals surface area contributed by atoms with Crippen molar-refractivity contribution in [3.63, 3.8) is 0 Å². The quantitative estimate of drug-likeness (QED) is 0.846. The van der Waals surface area contributed by atoms with E-state index in [4.69, 9.17) is 0 Å². The number of aryl methyl sites for hydroxylation is 1. The highest BCUT2D eigenvalue weighted by atomic mass is 32.2. The van der Waals surface area contributed by atoms with Gasteiger partial charge in [-0.3, -0.25) is 9.89 Å². The van der Waals surface area contributed by atoms with Gasteiger partial charge < -0.3 is 4.90 Å². The molecule has 0 bridgehead atoms. The van der Waals surface area contributed by atoms with E-state index in [0.717, 1.165) is 36.2 Å². The molecule has 1 aliphatic rings. The first kappa shape index (κ1) is 17.0. The van der Waals surface area contributed by atoms with E-state index >= 15 is 0 Å². The molecule has 2 aromatic rings. The second-order valence-corrected chi connectivity index (χ2v) is 7.49. The van der Waals surface area contributed by atoms with Crippen LogP contribution in [-0.4, -0.2) is 44.8 Å². The first-order chi connectivity index (χ1) is 11.6. The minimum absolute atomic E-state index is 0.244. The van der Waals surface area contributed by atoms with Crippen LogP contribution in [0.4, 0.5) is 0 Å². The van der Waals surface area contributed by atoms with Gasteiger partial charge in [0.2, 0.25) is 11.1 Å². The van der Waals surface area contributed by atoms with Crippen LogP contribution in [0.1, 0.15) is 37.1 Å². The summed E-state index contributed by atoms with van der Waals surface area (Å²) in [7, 11) is 0. The summed E-state index contributed by atoms with van der Waals surface area (Å²) in [5.74, 6) is 2.83. The van der Waals surface area contributed by atoms with Crippen LogP contribution in [0.15, 0.2) is 35.5 Å². The zero-order valence-corrected chi connectivity index (χ0v) is 15.1. The first-order valence-corrected chi connectivity index (χ1v) is 9.46. The lowest BCUT2D eigenvalue weighted by atomic mass is 9.81. The minimum Gasteiger partial charge on any atom is -0.342 e. The van der Waals surface area contributed by atoms with Crippen molar-refractivity contribution >= 4 is 17.7 Å². The molecule has 1 saturated heterocycles. The molecular weight excluding hydrogens is 320 g/mol. The summed E-state index contributed by atoms with van der Waals surface area (Å²) in [6.45, 7) is 5.83. The van der Waals surface area contributed by atoms with Crippen LogP contribution in [0.25, 0.3) is 0 Å². The van der Waals surface area contributed by atoms with Crippen LogP contribution in [0, 0.1) is 12.8 Å². The maximum Gasteiger partial charge on any atom is 0.223 e. The van der Waals surface area contributed by atoms with Crippen LogP contribution < -0.4 is 0 Å². The molecule has 0 spiro atoms. The molecule has 0 radical (unpaired) electrons. The number of nitrogens with zero attached hydrogens (tertiary/aromatic N) is 3. The van der Waals surface area contributed by atoms with E-state index < -0.39 is 0 Å². The van der Waals surface area contributed by atoms with Gasteiger partial charge in [-0.2, -0.15) is 0 Å². The summed E-state index contributed by atoms with van der Waals surface area (Å²) in [6, 6.07) is 10.7. The van der Waals surface area contributed by atoms with Crippen molar-refractivity contribution in [2.24, 2.45) is 5.92 Å². The third kappa shape index (κ3) is 4.17. The summed E-state index contributed by atoms with van der Waals surface area (Å²) >= 11 is 1.53. The normalized spacial score (nSPS) is 21.0. The van der Waals surface area contributed by atoms with E-state index in [1.807, 2.05) is 11.8 Å². The number of aromatic amines is 1. The molecule has 2 atom stereocenters. The molecule has 6 heteroatoms. The lowest BCUT2D eigenvalue weighted by molar-refractivity contribution is -0.132. The third-order valence-electron chi connectivity index (χ3n) is 4.61. The van der Waals surface area contributed by atoms with Gasteiger partial charge in [-0.1, -0.05) is 49.0 Å². The lowest BCUT2D eigenvalue weighted by Gasteiger charge is -2.37. The van der Waals surface area contributed by atoms with Gasteiger partial charge in [0.1, 0.15) is 5.82 Å². The topological polar surface area (TPSA) is 61.9 Å². The molecule has 0 saturated carbocycles. The number of rotatable bonds is 5. The number of nitrogens with one attached hydrogen (secondary N) is 1. The molecule has 2 heterocycles. The van der Waals surface area contributed by atoms with Crippen molar-refractivity contribution in [3.8, 4) is 0 Å². The smallest absolute Gasteiger partial charge is 0.223 e. The monoisotopic (exact) mass is 344 g/mol. The van der Waals surface area contributed by atoms with Gasteiger partial charge in [0.15, 0.2) is 0 Å². The molecule has 128 valence electrons. The van der Waals surface area contributed by atoms with E-state index in [1.54, 1.807) is 0 Å². The van der Waals surface area contributed by atoms with Crippen molar-refractivity contribution in [2.75, 3.05) is 18.8 Å². The Morgan fingerprint density at radius 3 is 2.83 bits per heavy atom. The Kier molecular flexibility index (Phi) is 5.56. The van der Waals surface area contributed by atoms with E-state index in [9.17, 15) is 4.79 Å². The zero-order valence-electron chi connectivity index (χ0n) is 14.2. The molecule has 1 N–H and O–H groups in total. The van der Waals surface area contributed by atoms with Gasteiger partial charge >= 0.3 is 0 Å². The fourth-order valence-electron chi connectivity index (χ4n) is 3.34. The largest absolute Gasteiger partial charge is 0.342 e. The Morgan fingerprint density at radius 2 is 2.17 bits per heavy atom. The number of piperidine rings is 1. The summed E-state index contributed by atoms with van der Waals surface area (Å²) in [6.07, 6.45) is 1.59. The highest BCUT2D eigenvalue weighted by Crippen LogP contribution is 2.32. The molecule has 5 nitrogen and oxygen atoms in total. The number of likely N-dealkylation sites (tertiary alicyclic amines) is 1. The van der Waals surface area contributed by atoms with Crippen molar-refractivity contribution in [3.05, 3.63) is 41.7 Å². The number of hydrogen-bond acceptors (Lipinski definition) is 4. The molecule has 1 fully saturated rings. The lowest BCUT2D eigenvalue weighted by Crippen LogP contribution is -2.42. The van der Waals surface area contributed by atoms with Gasteiger partial charge in [0, 0.05) is 25.3 Å². The van der Waals surface area contributed by atoms with Gasteiger partial charge in [-0.05, 0) is 30.7 Å². The Morgan fingerprint density at radius 1 is 1.38 bits per heavy atom. The fraction of sp³-hybridized carbons (Fsp3) is 0.500. The van der Waals surface area contributed by atoms with Crippen LogP contribution >= 0.6 is 11.8 Å². The van der Waals surface area contributed by atoms with E-state index in [-0.39, 0.29) is 5.91 Å². The average molecular weight is 344 g/mol. The Bertz CT molecular complexity index is 673. The zero-order chi connectivity index (χ0) is 16.9. The van der Waals surface area contributed by atoms with Gasteiger partial charge in [-0.15, -0.1) is 5.10 Å². The third-order valence-corrected chi connectivity index (χ3v) is 5.46. The Labute approximate surface area is 147 Å². The van der Waals surface area contributed by atoms with Crippen LogP contribution in [0.2, 0.25) is 0 Å². The molecule has 24 heavy (non-hydrogen) atoms. The average Bonchev–Trinajstić information content (AvgIpc) is 3.00. The summed E-state index contributed by atoms with van der Waals surface area (Å²) in [4.78, 5) is 18.7. The molecule has 0 aliphatic carbocycles. The number of benzene rings is 1. The predicted octanol–water partition coefficient (Wildman–Crippen LogP) is 3.25. The van der Waals surface area contributed by atoms with Gasteiger partial charge in [0.25, 0.3) is 0 Å². The standard InChI is InChI=1S/C18H24N4OS/c1-13-12-22(10-8-16(13)15-6-4-3-5-7-15)17(23)9-11-24-18-19-14(2)20-21-18/h3-7,13,16H,8-12H2,1-2H3,(H,19,20,21)/t13-,16-/m0/s1. The molecule has 1 aromatic heterocycles. The SMILES string of the molecule is Cc1nc(SCCC(=O)N2CC[C@H](c3ccccc3)[C@@H](C)C2)n[nH]1. The molecule has 1 amide bonds. The maximum absolute atomic E-state index is 12.4. The molecular formula is C18H24N4OS. The van der Waals surface area contributed by atoms with Crippen LogP contribution in [0.3, 0.4) is 0 Å². The van der Waals surface area contributed by atoms with E-state index in [0.29, 0.717) is 18.3 Å². The summed E-state index contributed by atoms with van der Waals surface area (Å²) in [5, 5.41) is 7.62. The van der Waals surface area contributed by atoms with Crippen molar-refractivity contribution in [1.29, 1.82) is 0 Å². The highest BCUT2D eigenvalue weighted by Gasteiger charge is 2.29. The molecule has 0 unspecified atom stereocenters. The highest BCUT2D eigenvalue weighted by molar-refractivity contribution is 7.99. The second kappa shape index (κ2) is 7.83. The molecule has 1 aromatic carbocycles. The van der Waals surface area contributed by atoms with Gasteiger partial charge in [-0.25, -0.2) is 4.98 Å². The summed E-state index contributed by atoms with van der Waals surface area (Å²) in [5.41, 5.74) is 1.40. The molecule has 3 rings (SSSR count). The first-order valence-electron chi connectivity index (χ1n) is 8.48.